The molecule has 0 fully saturated rings. The molecule has 0 saturated heterocycles. The third-order valence-corrected chi connectivity index (χ3v) is 7.62. The molecular formula is C37H35N5. The fraction of sp³-hybridized carbons (Fsp3) is 0.135. The summed E-state index contributed by atoms with van der Waals surface area (Å²) in [6, 6.07) is 44.4. The van der Waals surface area contributed by atoms with Gasteiger partial charge in [-0.25, -0.2) is 0 Å². The number of hydrogen-bond donors (Lipinski definition) is 0. The van der Waals surface area contributed by atoms with E-state index in [9.17, 15) is 0 Å². The van der Waals surface area contributed by atoms with Crippen LogP contribution in [-0.4, -0.2) is 31.1 Å². The fourth-order valence-electron chi connectivity index (χ4n) is 5.35. The average Bonchev–Trinajstić information content (AvgIpc) is 3.35. The first kappa shape index (κ1) is 27.0. The lowest BCUT2D eigenvalue weighted by Crippen LogP contribution is -2.08. The maximum atomic E-state index is 4.71. The van der Waals surface area contributed by atoms with Gasteiger partial charge in [0.15, 0.2) is 0 Å². The van der Waals surface area contributed by atoms with Gasteiger partial charge in [-0.1, -0.05) is 78.9 Å². The summed E-state index contributed by atoms with van der Waals surface area (Å²) in [7, 11) is 3.95. The predicted octanol–water partition coefficient (Wildman–Crippen LogP) is 8.37. The highest BCUT2D eigenvalue weighted by molar-refractivity contribution is 6.11. The van der Waals surface area contributed by atoms with Crippen molar-refractivity contribution >= 4 is 45.6 Å². The SMILES string of the molecule is CN(N=Cc1ccc2c(c1)c1cc(C=NN(C)c3ccccc3)ccc1n2CCCc1ccccc1)c1ccccc1. The molecule has 42 heavy (non-hydrogen) atoms. The summed E-state index contributed by atoms with van der Waals surface area (Å²) in [4.78, 5) is 0. The van der Waals surface area contributed by atoms with Crippen LogP contribution < -0.4 is 10.0 Å². The standard InChI is InChI=1S/C37H35N5/c1-40(32-16-8-4-9-17-32)38-27-30-20-22-36-34(25-30)35-26-31(28-39-41(2)33-18-10-5-11-19-33)21-23-37(35)42(36)24-12-15-29-13-6-3-7-14-29/h3-11,13-14,16-23,25-28H,12,15,24H2,1-2H3. The van der Waals surface area contributed by atoms with Gasteiger partial charge in [-0.2, -0.15) is 10.2 Å². The van der Waals surface area contributed by atoms with Crippen LogP contribution in [0.25, 0.3) is 21.8 Å². The number of aryl methyl sites for hydroxylation is 2. The van der Waals surface area contributed by atoms with Crippen molar-refractivity contribution in [3.63, 3.8) is 0 Å². The van der Waals surface area contributed by atoms with Crippen molar-refractivity contribution in [3.8, 4) is 0 Å². The molecular weight excluding hydrogens is 514 g/mol. The largest absolute Gasteiger partial charge is 0.340 e. The summed E-state index contributed by atoms with van der Waals surface area (Å²) in [5, 5.41) is 15.7. The second-order valence-electron chi connectivity index (χ2n) is 10.5. The molecule has 0 bridgehead atoms. The molecule has 0 aliphatic heterocycles. The monoisotopic (exact) mass is 549 g/mol. The van der Waals surface area contributed by atoms with Gasteiger partial charge in [-0.15, -0.1) is 0 Å². The van der Waals surface area contributed by atoms with E-state index in [0.29, 0.717) is 0 Å². The highest BCUT2D eigenvalue weighted by Crippen LogP contribution is 2.31. The Bertz CT molecular complexity index is 1710. The molecule has 1 heterocycles. The summed E-state index contributed by atoms with van der Waals surface area (Å²) >= 11 is 0. The molecule has 6 aromatic rings. The predicted molar refractivity (Wildman–Crippen MR) is 179 cm³/mol. The zero-order chi connectivity index (χ0) is 28.7. The Morgan fingerprint density at radius 1 is 0.571 bits per heavy atom. The second-order valence-corrected chi connectivity index (χ2v) is 10.5. The van der Waals surface area contributed by atoms with Crippen molar-refractivity contribution < 1.29 is 0 Å². The number of hydrazone groups is 2. The van der Waals surface area contributed by atoms with E-state index in [4.69, 9.17) is 10.2 Å². The van der Waals surface area contributed by atoms with Crippen LogP contribution in [0.1, 0.15) is 23.1 Å². The number of para-hydroxylation sites is 2. The van der Waals surface area contributed by atoms with Crippen molar-refractivity contribution in [1.29, 1.82) is 0 Å². The van der Waals surface area contributed by atoms with E-state index >= 15 is 0 Å². The van der Waals surface area contributed by atoms with E-state index in [1.165, 1.54) is 27.4 Å². The molecule has 0 aliphatic rings. The molecule has 0 radical (unpaired) electrons. The zero-order valence-corrected chi connectivity index (χ0v) is 24.1. The minimum absolute atomic E-state index is 0.948. The van der Waals surface area contributed by atoms with Crippen molar-refractivity contribution in [3.05, 3.63) is 144 Å². The Morgan fingerprint density at radius 2 is 1.02 bits per heavy atom. The van der Waals surface area contributed by atoms with E-state index in [1.807, 2.05) is 72.9 Å². The van der Waals surface area contributed by atoms with Gasteiger partial charge in [-0.3, -0.25) is 10.0 Å². The summed E-state index contributed by atoms with van der Waals surface area (Å²) < 4.78 is 2.46. The Kier molecular flexibility index (Phi) is 8.09. The molecule has 0 aliphatic carbocycles. The van der Waals surface area contributed by atoms with Crippen molar-refractivity contribution in [2.24, 2.45) is 10.2 Å². The van der Waals surface area contributed by atoms with Crippen LogP contribution >= 0.6 is 0 Å². The van der Waals surface area contributed by atoms with Gasteiger partial charge in [-0.05, 0) is 78.1 Å². The molecule has 208 valence electrons. The summed E-state index contributed by atoms with van der Waals surface area (Å²) in [6.07, 6.45) is 5.99. The van der Waals surface area contributed by atoms with Gasteiger partial charge >= 0.3 is 0 Å². The number of hydrogen-bond acceptors (Lipinski definition) is 4. The van der Waals surface area contributed by atoms with Crippen LogP contribution in [0.2, 0.25) is 0 Å². The van der Waals surface area contributed by atoms with Gasteiger partial charge in [0.2, 0.25) is 0 Å². The molecule has 0 N–H and O–H groups in total. The number of nitrogens with zero attached hydrogens (tertiary/aromatic N) is 5. The third kappa shape index (κ3) is 6.11. The Balaban J connectivity index is 1.33. The van der Waals surface area contributed by atoms with Crippen LogP contribution in [0.4, 0.5) is 11.4 Å². The number of anilines is 2. The highest BCUT2D eigenvalue weighted by atomic mass is 15.4. The molecule has 0 unspecified atom stereocenters. The van der Waals surface area contributed by atoms with Crippen LogP contribution in [0.15, 0.2) is 138 Å². The Labute approximate surface area is 247 Å². The van der Waals surface area contributed by atoms with E-state index in [2.05, 4.69) is 95.6 Å². The molecule has 5 heteroatoms. The topological polar surface area (TPSA) is 36.1 Å². The Morgan fingerprint density at radius 3 is 1.50 bits per heavy atom. The quantitative estimate of drug-likeness (QED) is 0.127. The second kappa shape index (κ2) is 12.6. The lowest BCUT2D eigenvalue weighted by atomic mass is 10.1. The van der Waals surface area contributed by atoms with E-state index in [-0.39, 0.29) is 0 Å². The zero-order valence-electron chi connectivity index (χ0n) is 24.1. The van der Waals surface area contributed by atoms with E-state index < -0.39 is 0 Å². The minimum Gasteiger partial charge on any atom is -0.340 e. The molecule has 0 saturated carbocycles. The van der Waals surface area contributed by atoms with Crippen molar-refractivity contribution in [2.75, 3.05) is 24.1 Å². The maximum Gasteiger partial charge on any atom is 0.0590 e. The van der Waals surface area contributed by atoms with Gasteiger partial charge < -0.3 is 4.57 Å². The maximum absolute atomic E-state index is 4.71. The van der Waals surface area contributed by atoms with Crippen LogP contribution in [0, 0.1) is 0 Å². The van der Waals surface area contributed by atoms with Crippen molar-refractivity contribution in [2.45, 2.75) is 19.4 Å². The molecule has 1 aromatic heterocycles. The number of rotatable bonds is 10. The van der Waals surface area contributed by atoms with Crippen molar-refractivity contribution in [1.82, 2.24) is 4.57 Å². The van der Waals surface area contributed by atoms with Gasteiger partial charge in [0, 0.05) is 42.4 Å². The van der Waals surface area contributed by atoms with Crippen LogP contribution in [0.5, 0.6) is 0 Å². The summed E-state index contributed by atoms with van der Waals surface area (Å²) in [6.45, 7) is 0.948. The third-order valence-electron chi connectivity index (χ3n) is 7.62. The molecule has 6 rings (SSSR count). The van der Waals surface area contributed by atoms with Gasteiger partial charge in [0.25, 0.3) is 0 Å². The normalized spacial score (nSPS) is 11.7. The molecule has 0 atom stereocenters. The van der Waals surface area contributed by atoms with Crippen LogP contribution in [0.3, 0.4) is 0 Å². The first-order chi connectivity index (χ1) is 20.7. The summed E-state index contributed by atoms with van der Waals surface area (Å²) in [5.74, 6) is 0. The lowest BCUT2D eigenvalue weighted by Gasteiger charge is -2.12. The van der Waals surface area contributed by atoms with Gasteiger partial charge in [0.1, 0.15) is 0 Å². The molecule has 5 aromatic carbocycles. The molecule has 5 nitrogen and oxygen atoms in total. The first-order valence-corrected chi connectivity index (χ1v) is 14.4. The van der Waals surface area contributed by atoms with E-state index in [0.717, 1.165) is 41.9 Å². The molecule has 0 spiro atoms. The minimum atomic E-state index is 0.948. The van der Waals surface area contributed by atoms with E-state index in [1.54, 1.807) is 0 Å². The number of benzene rings is 5. The molecule has 0 amide bonds. The Hall–Kier alpha value is -5.16. The van der Waals surface area contributed by atoms with Crippen LogP contribution in [-0.2, 0) is 13.0 Å². The first-order valence-electron chi connectivity index (χ1n) is 14.4. The lowest BCUT2D eigenvalue weighted by molar-refractivity contribution is 0.678. The summed E-state index contributed by atoms with van der Waals surface area (Å²) in [5.41, 5.74) is 8.08. The smallest absolute Gasteiger partial charge is 0.0590 e. The fourth-order valence-corrected chi connectivity index (χ4v) is 5.35. The highest BCUT2D eigenvalue weighted by Gasteiger charge is 2.12. The average molecular weight is 550 g/mol. The van der Waals surface area contributed by atoms with Gasteiger partial charge in [0.05, 0.1) is 23.8 Å². The number of aromatic nitrogens is 1. The number of fused-ring (bicyclic) bond motifs is 3.